The summed E-state index contributed by atoms with van der Waals surface area (Å²) in [4.78, 5) is 2.40. The maximum Gasteiger partial charge on any atom is 0.0468 e. The second-order valence-electron chi connectivity index (χ2n) is 11.3. The zero-order valence-electron chi connectivity index (χ0n) is 23.9. The summed E-state index contributed by atoms with van der Waals surface area (Å²) in [5.74, 6) is 0. The SMILES string of the molecule is C1=CC(N(c2ccc(-c3ccc(-c4ccccc4)cc3)cc2)c2ccc3c4ccccc4c4ccccc4c3c2)=CCC1. The minimum Gasteiger partial charge on any atom is -0.311 e. The van der Waals surface area contributed by atoms with Gasteiger partial charge in [-0.1, -0.05) is 133 Å². The standard InChI is InChI=1S/C42H31N/c1-3-11-30(12-4-1)31-19-21-32(22-20-31)33-23-25-35(26-24-33)43(34-13-5-2-6-14-34)36-27-28-41-39-17-8-7-15-37(39)38-16-9-10-18-40(38)42(41)29-36/h1,3-5,7-29H,2,6H2. The molecule has 0 heterocycles. The second kappa shape index (κ2) is 10.8. The van der Waals surface area contributed by atoms with Gasteiger partial charge in [0.05, 0.1) is 0 Å². The zero-order valence-corrected chi connectivity index (χ0v) is 23.9. The molecular weight excluding hydrogens is 518 g/mol. The monoisotopic (exact) mass is 549 g/mol. The first-order chi connectivity index (χ1) is 21.3. The summed E-state index contributed by atoms with van der Waals surface area (Å²) in [6.07, 6.45) is 9.05. The summed E-state index contributed by atoms with van der Waals surface area (Å²) < 4.78 is 0. The molecule has 0 amide bonds. The van der Waals surface area contributed by atoms with Crippen molar-refractivity contribution in [2.24, 2.45) is 0 Å². The Hall–Kier alpha value is -5.40. The number of rotatable bonds is 5. The van der Waals surface area contributed by atoms with Crippen LogP contribution in [-0.2, 0) is 0 Å². The molecule has 7 aromatic rings. The molecule has 1 nitrogen and oxygen atoms in total. The van der Waals surface area contributed by atoms with Crippen molar-refractivity contribution >= 4 is 43.7 Å². The molecule has 0 fully saturated rings. The molecule has 1 aliphatic rings. The van der Waals surface area contributed by atoms with E-state index >= 15 is 0 Å². The quantitative estimate of drug-likeness (QED) is 0.193. The van der Waals surface area contributed by atoms with Crippen molar-refractivity contribution in [2.75, 3.05) is 4.90 Å². The number of anilines is 2. The number of nitrogens with zero attached hydrogens (tertiary/aromatic N) is 1. The smallest absolute Gasteiger partial charge is 0.0468 e. The van der Waals surface area contributed by atoms with E-state index in [0.29, 0.717) is 0 Å². The van der Waals surface area contributed by atoms with Gasteiger partial charge >= 0.3 is 0 Å². The maximum absolute atomic E-state index is 2.40. The van der Waals surface area contributed by atoms with Crippen molar-refractivity contribution in [1.29, 1.82) is 0 Å². The Morgan fingerprint density at radius 2 is 0.837 bits per heavy atom. The van der Waals surface area contributed by atoms with Gasteiger partial charge in [-0.25, -0.2) is 0 Å². The van der Waals surface area contributed by atoms with Crippen LogP contribution in [0.5, 0.6) is 0 Å². The fraction of sp³-hybridized carbons (Fsp3) is 0.0476. The van der Waals surface area contributed by atoms with E-state index in [0.717, 1.165) is 18.5 Å². The van der Waals surface area contributed by atoms with Crippen LogP contribution in [0.15, 0.2) is 170 Å². The lowest BCUT2D eigenvalue weighted by molar-refractivity contribution is 0.997. The molecule has 1 heteroatoms. The molecule has 0 unspecified atom stereocenters. The van der Waals surface area contributed by atoms with E-state index in [1.54, 1.807) is 0 Å². The van der Waals surface area contributed by atoms with Gasteiger partial charge in [-0.3, -0.25) is 0 Å². The van der Waals surface area contributed by atoms with Crippen molar-refractivity contribution in [3.8, 4) is 22.3 Å². The van der Waals surface area contributed by atoms with Gasteiger partial charge in [0, 0.05) is 17.1 Å². The summed E-state index contributed by atoms with van der Waals surface area (Å²) in [5, 5.41) is 7.77. The third kappa shape index (κ3) is 4.60. The second-order valence-corrected chi connectivity index (χ2v) is 11.3. The van der Waals surface area contributed by atoms with Crippen LogP contribution >= 0.6 is 0 Å². The van der Waals surface area contributed by atoms with Crippen molar-refractivity contribution in [3.05, 3.63) is 170 Å². The molecule has 0 aliphatic heterocycles. The van der Waals surface area contributed by atoms with Gasteiger partial charge in [0.25, 0.3) is 0 Å². The van der Waals surface area contributed by atoms with Crippen LogP contribution in [0, 0.1) is 0 Å². The van der Waals surface area contributed by atoms with Gasteiger partial charge in [0.2, 0.25) is 0 Å². The van der Waals surface area contributed by atoms with Gasteiger partial charge in [0.15, 0.2) is 0 Å². The molecular formula is C42H31N. The minimum atomic E-state index is 1.05. The van der Waals surface area contributed by atoms with Crippen LogP contribution in [0.1, 0.15) is 12.8 Å². The van der Waals surface area contributed by atoms with Crippen molar-refractivity contribution in [1.82, 2.24) is 0 Å². The lowest BCUT2D eigenvalue weighted by Gasteiger charge is -2.28. The summed E-state index contributed by atoms with van der Waals surface area (Å²) in [6, 6.07) is 53.0. The van der Waals surface area contributed by atoms with Crippen molar-refractivity contribution in [3.63, 3.8) is 0 Å². The average Bonchev–Trinajstić information content (AvgIpc) is 3.10. The van der Waals surface area contributed by atoms with Gasteiger partial charge < -0.3 is 4.90 Å². The first-order valence-electron chi connectivity index (χ1n) is 15.1. The Labute approximate surface area is 252 Å². The number of allylic oxidation sites excluding steroid dienone is 3. The lowest BCUT2D eigenvalue weighted by atomic mass is 9.94. The van der Waals surface area contributed by atoms with Crippen LogP contribution in [-0.4, -0.2) is 0 Å². The van der Waals surface area contributed by atoms with Crippen LogP contribution in [0.3, 0.4) is 0 Å². The molecule has 7 aromatic carbocycles. The van der Waals surface area contributed by atoms with E-state index in [1.165, 1.54) is 66.0 Å². The molecule has 8 rings (SSSR count). The highest BCUT2D eigenvalue weighted by Gasteiger charge is 2.17. The number of hydrogen-bond donors (Lipinski definition) is 0. The van der Waals surface area contributed by atoms with Crippen LogP contribution in [0.25, 0.3) is 54.6 Å². The number of benzene rings is 7. The largest absolute Gasteiger partial charge is 0.311 e. The minimum absolute atomic E-state index is 1.05. The fourth-order valence-electron chi connectivity index (χ4n) is 6.54. The Morgan fingerprint density at radius 3 is 1.40 bits per heavy atom. The number of fused-ring (bicyclic) bond motifs is 6. The van der Waals surface area contributed by atoms with Crippen molar-refractivity contribution < 1.29 is 0 Å². The van der Waals surface area contributed by atoms with Crippen molar-refractivity contribution in [2.45, 2.75) is 12.8 Å². The average molecular weight is 550 g/mol. The van der Waals surface area contributed by atoms with E-state index in [1.807, 2.05) is 0 Å². The fourth-order valence-corrected chi connectivity index (χ4v) is 6.54. The molecule has 43 heavy (non-hydrogen) atoms. The Morgan fingerprint density at radius 1 is 0.372 bits per heavy atom. The molecule has 0 aromatic heterocycles. The third-order valence-corrected chi connectivity index (χ3v) is 8.67. The Kier molecular flexibility index (Phi) is 6.35. The van der Waals surface area contributed by atoms with E-state index in [2.05, 4.69) is 169 Å². The first kappa shape index (κ1) is 25.3. The normalized spacial score (nSPS) is 13.0. The summed E-state index contributed by atoms with van der Waals surface area (Å²) in [5.41, 5.74) is 8.46. The van der Waals surface area contributed by atoms with Gasteiger partial charge in [-0.15, -0.1) is 0 Å². The molecule has 0 saturated carbocycles. The predicted molar refractivity (Wildman–Crippen MR) is 185 cm³/mol. The molecule has 204 valence electrons. The van der Waals surface area contributed by atoms with E-state index in [-0.39, 0.29) is 0 Å². The highest BCUT2D eigenvalue weighted by molar-refractivity contribution is 6.25. The Bertz CT molecular complexity index is 2120. The van der Waals surface area contributed by atoms with Crippen LogP contribution in [0.2, 0.25) is 0 Å². The molecule has 0 saturated heterocycles. The zero-order chi connectivity index (χ0) is 28.6. The predicted octanol–water partition coefficient (Wildman–Crippen LogP) is 11.9. The van der Waals surface area contributed by atoms with E-state index in [9.17, 15) is 0 Å². The molecule has 0 bridgehead atoms. The highest BCUT2D eigenvalue weighted by Crippen LogP contribution is 2.40. The molecule has 0 spiro atoms. The molecule has 0 radical (unpaired) electrons. The molecule has 1 aliphatic carbocycles. The van der Waals surface area contributed by atoms with Gasteiger partial charge in [-0.2, -0.15) is 0 Å². The maximum atomic E-state index is 2.40. The van der Waals surface area contributed by atoms with Crippen LogP contribution in [0.4, 0.5) is 11.4 Å². The molecule has 0 atom stereocenters. The first-order valence-corrected chi connectivity index (χ1v) is 15.1. The van der Waals surface area contributed by atoms with Crippen LogP contribution < -0.4 is 4.90 Å². The van der Waals surface area contributed by atoms with E-state index in [4.69, 9.17) is 0 Å². The third-order valence-electron chi connectivity index (χ3n) is 8.67. The lowest BCUT2D eigenvalue weighted by Crippen LogP contribution is -2.16. The number of hydrogen-bond acceptors (Lipinski definition) is 1. The van der Waals surface area contributed by atoms with Gasteiger partial charge in [-0.05, 0) is 97.8 Å². The molecule has 0 N–H and O–H groups in total. The summed E-state index contributed by atoms with van der Waals surface area (Å²) in [7, 11) is 0. The highest BCUT2D eigenvalue weighted by atomic mass is 15.1. The summed E-state index contributed by atoms with van der Waals surface area (Å²) in [6.45, 7) is 0. The van der Waals surface area contributed by atoms with E-state index < -0.39 is 0 Å². The topological polar surface area (TPSA) is 3.24 Å². The summed E-state index contributed by atoms with van der Waals surface area (Å²) >= 11 is 0. The Balaban J connectivity index is 1.22. The van der Waals surface area contributed by atoms with Gasteiger partial charge in [0.1, 0.15) is 0 Å².